The minimum atomic E-state index is -0.351. The molecule has 0 atom stereocenters. The lowest BCUT2D eigenvalue weighted by atomic mass is 10.1. The summed E-state index contributed by atoms with van der Waals surface area (Å²) >= 11 is 0. The Labute approximate surface area is 172 Å². The van der Waals surface area contributed by atoms with Gasteiger partial charge < -0.3 is 15.6 Å². The van der Waals surface area contributed by atoms with E-state index in [9.17, 15) is 14.0 Å². The van der Waals surface area contributed by atoms with Gasteiger partial charge in [0.2, 0.25) is 5.91 Å². The highest BCUT2D eigenvalue weighted by atomic mass is 19.1. The number of aromatic nitrogens is 2. The van der Waals surface area contributed by atoms with E-state index in [-0.39, 0.29) is 24.1 Å². The Bertz CT molecular complexity index is 1230. The first-order valence-corrected chi connectivity index (χ1v) is 9.37. The third-order valence-electron chi connectivity index (χ3n) is 4.77. The molecule has 0 radical (unpaired) electrons. The van der Waals surface area contributed by atoms with Crippen LogP contribution in [0.5, 0.6) is 0 Å². The number of aromatic amines is 1. The van der Waals surface area contributed by atoms with E-state index in [2.05, 4.69) is 20.6 Å². The van der Waals surface area contributed by atoms with E-state index < -0.39 is 0 Å². The van der Waals surface area contributed by atoms with Crippen molar-refractivity contribution in [2.75, 3.05) is 10.6 Å². The molecule has 7 heteroatoms. The van der Waals surface area contributed by atoms with Crippen molar-refractivity contribution < 1.29 is 14.0 Å². The van der Waals surface area contributed by atoms with E-state index in [4.69, 9.17) is 0 Å². The van der Waals surface area contributed by atoms with Crippen LogP contribution in [0.25, 0.3) is 10.9 Å². The zero-order chi connectivity index (χ0) is 21.1. The fourth-order valence-corrected chi connectivity index (χ4v) is 3.32. The van der Waals surface area contributed by atoms with Crippen molar-refractivity contribution in [3.05, 3.63) is 89.6 Å². The van der Waals surface area contributed by atoms with Gasteiger partial charge in [-0.25, -0.2) is 4.39 Å². The largest absolute Gasteiger partial charge is 0.358 e. The number of hydrogen-bond donors (Lipinski definition) is 3. The number of benzene rings is 2. The van der Waals surface area contributed by atoms with Gasteiger partial charge >= 0.3 is 0 Å². The van der Waals surface area contributed by atoms with Gasteiger partial charge in [-0.2, -0.15) is 0 Å². The molecular formula is C23H19FN4O2. The van der Waals surface area contributed by atoms with E-state index in [0.717, 1.165) is 16.8 Å². The fourth-order valence-electron chi connectivity index (χ4n) is 3.32. The van der Waals surface area contributed by atoms with E-state index in [0.29, 0.717) is 22.3 Å². The quantitative estimate of drug-likeness (QED) is 0.461. The second-order valence-corrected chi connectivity index (χ2v) is 6.91. The van der Waals surface area contributed by atoms with E-state index in [1.165, 1.54) is 12.1 Å². The molecule has 0 fully saturated rings. The number of carbonyl (C=O) groups is 2. The van der Waals surface area contributed by atoms with Crippen LogP contribution < -0.4 is 10.6 Å². The predicted octanol–water partition coefficient (Wildman–Crippen LogP) is 4.44. The molecule has 3 N–H and O–H groups in total. The Balaban J connectivity index is 1.48. The summed E-state index contributed by atoms with van der Waals surface area (Å²) in [6.07, 6.45) is 3.26. The van der Waals surface area contributed by atoms with Crippen molar-refractivity contribution >= 4 is 34.1 Å². The highest BCUT2D eigenvalue weighted by molar-refractivity contribution is 6.05. The van der Waals surface area contributed by atoms with Gasteiger partial charge in [-0.15, -0.1) is 0 Å². The molecule has 0 aliphatic carbocycles. The third-order valence-corrected chi connectivity index (χ3v) is 4.77. The summed E-state index contributed by atoms with van der Waals surface area (Å²) in [6.45, 7) is 1.85. The van der Waals surface area contributed by atoms with Crippen molar-refractivity contribution in [3.63, 3.8) is 0 Å². The number of nitrogens with one attached hydrogen (secondary N) is 3. The molecule has 4 aromatic rings. The maximum Gasteiger partial charge on any atom is 0.255 e. The van der Waals surface area contributed by atoms with Crippen LogP contribution in [0.15, 0.2) is 67.0 Å². The van der Waals surface area contributed by atoms with E-state index >= 15 is 0 Å². The molecule has 0 aliphatic heterocycles. The van der Waals surface area contributed by atoms with Crippen molar-refractivity contribution in [1.82, 2.24) is 9.97 Å². The van der Waals surface area contributed by atoms with Gasteiger partial charge in [0.25, 0.3) is 5.91 Å². The Morgan fingerprint density at radius 2 is 1.80 bits per heavy atom. The number of pyridine rings is 1. The Morgan fingerprint density at radius 3 is 2.60 bits per heavy atom. The lowest BCUT2D eigenvalue weighted by molar-refractivity contribution is -0.115. The molecule has 150 valence electrons. The number of nitrogens with zero attached hydrogens (tertiary/aromatic N) is 1. The lowest BCUT2D eigenvalue weighted by Gasteiger charge is -2.09. The van der Waals surface area contributed by atoms with Crippen molar-refractivity contribution in [2.24, 2.45) is 0 Å². The Morgan fingerprint density at radius 1 is 1.00 bits per heavy atom. The highest BCUT2D eigenvalue weighted by Crippen LogP contribution is 2.24. The van der Waals surface area contributed by atoms with Crippen LogP contribution >= 0.6 is 0 Å². The van der Waals surface area contributed by atoms with Gasteiger partial charge in [0.15, 0.2) is 0 Å². The smallest absolute Gasteiger partial charge is 0.255 e. The van der Waals surface area contributed by atoms with Crippen LogP contribution in [-0.4, -0.2) is 21.8 Å². The second kappa shape index (κ2) is 8.16. The number of amides is 2. The van der Waals surface area contributed by atoms with Crippen molar-refractivity contribution in [3.8, 4) is 0 Å². The summed E-state index contributed by atoms with van der Waals surface area (Å²) in [4.78, 5) is 32.1. The monoisotopic (exact) mass is 402 g/mol. The minimum Gasteiger partial charge on any atom is -0.358 e. The first-order chi connectivity index (χ1) is 14.5. The first kappa shape index (κ1) is 19.3. The topological polar surface area (TPSA) is 86.9 Å². The van der Waals surface area contributed by atoms with Gasteiger partial charge in [0, 0.05) is 45.9 Å². The first-order valence-electron chi connectivity index (χ1n) is 9.37. The molecule has 0 spiro atoms. The van der Waals surface area contributed by atoms with Crippen LogP contribution in [0, 0.1) is 12.7 Å². The SMILES string of the molecule is Cc1[nH]c2ccc(F)cc2c1CC(=O)Nc1cccc(C(=O)Nc2ccncc2)c1. The maximum absolute atomic E-state index is 13.6. The normalized spacial score (nSPS) is 10.7. The summed E-state index contributed by atoms with van der Waals surface area (Å²) in [5.41, 5.74) is 3.89. The average Bonchev–Trinajstić information content (AvgIpc) is 3.03. The molecule has 4 rings (SSSR count). The summed E-state index contributed by atoms with van der Waals surface area (Å²) in [6, 6.07) is 14.5. The number of carbonyl (C=O) groups excluding carboxylic acids is 2. The molecule has 2 amide bonds. The second-order valence-electron chi connectivity index (χ2n) is 6.91. The number of anilines is 2. The van der Waals surface area contributed by atoms with Crippen LogP contribution in [0.1, 0.15) is 21.6 Å². The molecule has 2 heterocycles. The van der Waals surface area contributed by atoms with Gasteiger partial charge in [-0.1, -0.05) is 6.07 Å². The molecule has 2 aromatic heterocycles. The number of rotatable bonds is 5. The molecule has 0 saturated carbocycles. The molecule has 0 saturated heterocycles. The van der Waals surface area contributed by atoms with E-state index in [1.54, 1.807) is 54.9 Å². The summed E-state index contributed by atoms with van der Waals surface area (Å²) in [5, 5.41) is 6.27. The predicted molar refractivity (Wildman–Crippen MR) is 114 cm³/mol. The zero-order valence-electron chi connectivity index (χ0n) is 16.2. The number of fused-ring (bicyclic) bond motifs is 1. The van der Waals surface area contributed by atoms with E-state index in [1.807, 2.05) is 6.92 Å². The van der Waals surface area contributed by atoms with Crippen molar-refractivity contribution in [2.45, 2.75) is 13.3 Å². The molecule has 0 bridgehead atoms. The zero-order valence-corrected chi connectivity index (χ0v) is 16.2. The third kappa shape index (κ3) is 4.20. The minimum absolute atomic E-state index is 0.0860. The van der Waals surface area contributed by atoms with Crippen molar-refractivity contribution in [1.29, 1.82) is 0 Å². The van der Waals surface area contributed by atoms with Crippen LogP contribution in [0.4, 0.5) is 15.8 Å². The van der Waals surface area contributed by atoms with Crippen LogP contribution in [0.2, 0.25) is 0 Å². The van der Waals surface area contributed by atoms with Crippen LogP contribution in [-0.2, 0) is 11.2 Å². The average molecular weight is 402 g/mol. The highest BCUT2D eigenvalue weighted by Gasteiger charge is 2.14. The lowest BCUT2D eigenvalue weighted by Crippen LogP contribution is -2.16. The number of aryl methyl sites for hydroxylation is 1. The molecule has 6 nitrogen and oxygen atoms in total. The molecule has 0 aliphatic rings. The molecule has 2 aromatic carbocycles. The summed E-state index contributed by atoms with van der Waals surface area (Å²) in [7, 11) is 0. The number of H-pyrrole nitrogens is 1. The van der Waals surface area contributed by atoms with Crippen LogP contribution in [0.3, 0.4) is 0 Å². The van der Waals surface area contributed by atoms with Gasteiger partial charge in [-0.3, -0.25) is 14.6 Å². The molecule has 30 heavy (non-hydrogen) atoms. The Kier molecular flexibility index (Phi) is 5.26. The maximum atomic E-state index is 13.6. The molecular weight excluding hydrogens is 383 g/mol. The van der Waals surface area contributed by atoms with Gasteiger partial charge in [0.05, 0.1) is 6.42 Å². The fraction of sp³-hybridized carbons (Fsp3) is 0.0870. The number of halogens is 1. The Hall–Kier alpha value is -4.00. The van der Waals surface area contributed by atoms with Gasteiger partial charge in [-0.05, 0) is 61.0 Å². The number of hydrogen-bond acceptors (Lipinski definition) is 3. The summed E-state index contributed by atoms with van der Waals surface area (Å²) in [5.74, 6) is -0.897. The molecule has 0 unspecified atom stereocenters. The summed E-state index contributed by atoms with van der Waals surface area (Å²) < 4.78 is 13.6. The standard InChI is InChI=1S/C23H19FN4O2/c1-14-19(20-12-16(24)5-6-21(20)26-14)13-22(29)27-18-4-2-3-15(11-18)23(30)28-17-7-9-25-10-8-17/h2-12,26H,13H2,1H3,(H,27,29)(H,25,28,30). The van der Waals surface area contributed by atoms with Gasteiger partial charge in [0.1, 0.15) is 5.82 Å².